The molecule has 0 saturated carbocycles. The van der Waals surface area contributed by atoms with E-state index in [-0.39, 0.29) is 18.1 Å². The van der Waals surface area contributed by atoms with Gasteiger partial charge in [-0.3, -0.25) is 5.41 Å². The summed E-state index contributed by atoms with van der Waals surface area (Å²) in [5.41, 5.74) is 1.04. The summed E-state index contributed by atoms with van der Waals surface area (Å²) in [4.78, 5) is 1.29. The first kappa shape index (κ1) is 12.7. The number of amidine groups is 1. The summed E-state index contributed by atoms with van der Waals surface area (Å²) in [6, 6.07) is 5.58. The van der Waals surface area contributed by atoms with Gasteiger partial charge >= 0.3 is 0 Å². The molecule has 1 aliphatic heterocycles. The lowest BCUT2D eigenvalue weighted by atomic mass is 10.1. The molecule has 2 aromatic rings. The maximum atomic E-state index is 13.2. The van der Waals surface area contributed by atoms with E-state index in [0.29, 0.717) is 11.1 Å². The van der Waals surface area contributed by atoms with Gasteiger partial charge in [0.15, 0.2) is 17.5 Å². The Morgan fingerprint density at radius 1 is 0.950 bits per heavy atom. The summed E-state index contributed by atoms with van der Waals surface area (Å²) in [6.07, 6.45) is 0. The van der Waals surface area contributed by atoms with Crippen LogP contribution < -0.4 is 4.90 Å². The number of anilines is 1. The molecule has 0 saturated heterocycles. The van der Waals surface area contributed by atoms with Crippen LogP contribution in [-0.2, 0) is 6.54 Å². The maximum absolute atomic E-state index is 13.2. The van der Waals surface area contributed by atoms with Crippen molar-refractivity contribution in [3.05, 3.63) is 64.7 Å². The summed E-state index contributed by atoms with van der Waals surface area (Å²) in [5, 5.41) is 7.94. The second-order valence-corrected chi connectivity index (χ2v) is 4.46. The number of benzene rings is 2. The van der Waals surface area contributed by atoms with Crippen LogP contribution >= 0.6 is 0 Å². The molecule has 0 bridgehead atoms. The van der Waals surface area contributed by atoms with Gasteiger partial charge in [-0.1, -0.05) is 6.07 Å². The molecule has 1 N–H and O–H groups in total. The Balaban J connectivity index is 2.04. The molecule has 0 atom stereocenters. The first-order valence-electron chi connectivity index (χ1n) is 5.77. The molecule has 0 aliphatic carbocycles. The summed E-state index contributed by atoms with van der Waals surface area (Å²) >= 11 is 0. The smallest absolute Gasteiger partial charge is 0.194 e. The van der Waals surface area contributed by atoms with Crippen molar-refractivity contribution in [2.75, 3.05) is 4.90 Å². The van der Waals surface area contributed by atoms with Crippen LogP contribution in [0, 0.1) is 28.7 Å². The van der Waals surface area contributed by atoms with Gasteiger partial charge in [0, 0.05) is 23.4 Å². The highest BCUT2D eigenvalue weighted by Crippen LogP contribution is 2.30. The van der Waals surface area contributed by atoms with Crippen molar-refractivity contribution < 1.29 is 17.6 Å². The number of halogens is 4. The number of fused-ring (bicyclic) bond motifs is 1. The lowest BCUT2D eigenvalue weighted by Crippen LogP contribution is -2.23. The van der Waals surface area contributed by atoms with Crippen LogP contribution in [0.3, 0.4) is 0 Å². The van der Waals surface area contributed by atoms with Crippen molar-refractivity contribution in [1.29, 1.82) is 5.41 Å². The Bertz CT molecular complexity index is 704. The van der Waals surface area contributed by atoms with Crippen LogP contribution in [0.5, 0.6) is 0 Å². The van der Waals surface area contributed by atoms with E-state index in [2.05, 4.69) is 0 Å². The van der Waals surface area contributed by atoms with E-state index in [4.69, 9.17) is 5.41 Å². The van der Waals surface area contributed by atoms with E-state index in [1.54, 1.807) is 0 Å². The van der Waals surface area contributed by atoms with Crippen LogP contribution in [0.2, 0.25) is 0 Å². The quantitative estimate of drug-likeness (QED) is 0.627. The molecule has 0 fully saturated rings. The largest absolute Gasteiger partial charge is 0.322 e. The predicted molar refractivity (Wildman–Crippen MR) is 65.7 cm³/mol. The van der Waals surface area contributed by atoms with Gasteiger partial charge in [-0.2, -0.15) is 0 Å². The van der Waals surface area contributed by atoms with Crippen LogP contribution in [-0.4, -0.2) is 5.84 Å². The van der Waals surface area contributed by atoms with Crippen molar-refractivity contribution in [3.63, 3.8) is 0 Å². The Morgan fingerprint density at radius 2 is 1.60 bits per heavy atom. The molecule has 0 spiro atoms. The molecule has 2 nitrogen and oxygen atoms in total. The lowest BCUT2D eigenvalue weighted by Gasteiger charge is -2.18. The van der Waals surface area contributed by atoms with Crippen molar-refractivity contribution >= 4 is 11.5 Å². The average molecular weight is 280 g/mol. The number of nitrogens with one attached hydrogen (secondary N) is 1. The Morgan fingerprint density at radius 3 is 2.25 bits per heavy atom. The van der Waals surface area contributed by atoms with E-state index >= 15 is 0 Å². The van der Waals surface area contributed by atoms with E-state index < -0.39 is 23.3 Å². The van der Waals surface area contributed by atoms with Crippen LogP contribution in [0.1, 0.15) is 11.1 Å². The van der Waals surface area contributed by atoms with Gasteiger partial charge < -0.3 is 4.90 Å². The zero-order chi connectivity index (χ0) is 14.4. The van der Waals surface area contributed by atoms with Crippen molar-refractivity contribution in [2.45, 2.75) is 6.54 Å². The third-order valence-electron chi connectivity index (χ3n) is 3.21. The Kier molecular flexibility index (Phi) is 2.74. The molecule has 1 aliphatic rings. The van der Waals surface area contributed by atoms with Crippen LogP contribution in [0.4, 0.5) is 23.2 Å². The number of nitrogens with zero attached hydrogens (tertiary/aromatic N) is 1. The Labute approximate surface area is 111 Å². The molecule has 0 unspecified atom stereocenters. The zero-order valence-corrected chi connectivity index (χ0v) is 10.1. The molecule has 1 heterocycles. The fourth-order valence-electron chi connectivity index (χ4n) is 2.22. The highest BCUT2D eigenvalue weighted by atomic mass is 19.2. The average Bonchev–Trinajstić information content (AvgIpc) is 2.73. The van der Waals surface area contributed by atoms with E-state index in [0.717, 1.165) is 12.1 Å². The lowest BCUT2D eigenvalue weighted by molar-refractivity contribution is 0.447. The SMILES string of the molecule is N=C1c2cc(F)ccc2CN1c1cc(F)c(F)c(F)c1. The minimum Gasteiger partial charge on any atom is -0.322 e. The molecule has 6 heteroatoms. The van der Waals surface area contributed by atoms with E-state index in [1.807, 2.05) is 0 Å². The Hall–Kier alpha value is -2.37. The van der Waals surface area contributed by atoms with E-state index in [1.165, 1.54) is 23.1 Å². The molecule has 20 heavy (non-hydrogen) atoms. The molecule has 3 rings (SSSR count). The number of rotatable bonds is 1. The standard InChI is InChI=1S/C14H8F4N2/c15-8-2-1-7-6-20(14(19)10(7)3-8)9-4-11(16)13(18)12(17)5-9/h1-5,19H,6H2. The van der Waals surface area contributed by atoms with Gasteiger partial charge in [-0.15, -0.1) is 0 Å². The molecule has 0 radical (unpaired) electrons. The summed E-state index contributed by atoms with van der Waals surface area (Å²) in [7, 11) is 0. The fraction of sp³-hybridized carbons (Fsp3) is 0.0714. The normalized spacial score (nSPS) is 13.8. The first-order valence-corrected chi connectivity index (χ1v) is 5.77. The molecule has 2 aromatic carbocycles. The molecular weight excluding hydrogens is 272 g/mol. The second kappa shape index (κ2) is 4.33. The minimum atomic E-state index is -1.55. The fourth-order valence-corrected chi connectivity index (χ4v) is 2.22. The third kappa shape index (κ3) is 1.84. The topological polar surface area (TPSA) is 27.1 Å². The highest BCUT2D eigenvalue weighted by molar-refractivity contribution is 6.11. The monoisotopic (exact) mass is 280 g/mol. The van der Waals surface area contributed by atoms with Gasteiger partial charge in [0.1, 0.15) is 11.7 Å². The van der Waals surface area contributed by atoms with Crippen LogP contribution in [0.15, 0.2) is 30.3 Å². The molecule has 102 valence electrons. The predicted octanol–water partition coefficient (Wildman–Crippen LogP) is 3.59. The van der Waals surface area contributed by atoms with Crippen LogP contribution in [0.25, 0.3) is 0 Å². The maximum Gasteiger partial charge on any atom is 0.194 e. The molecule has 0 aromatic heterocycles. The van der Waals surface area contributed by atoms with Gasteiger partial charge in [0.25, 0.3) is 0 Å². The van der Waals surface area contributed by atoms with Gasteiger partial charge in [0.05, 0.1) is 6.54 Å². The third-order valence-corrected chi connectivity index (χ3v) is 3.21. The van der Waals surface area contributed by atoms with Gasteiger partial charge in [-0.25, -0.2) is 17.6 Å². The van der Waals surface area contributed by atoms with Gasteiger partial charge in [-0.05, 0) is 17.7 Å². The summed E-state index contributed by atoms with van der Waals surface area (Å²) in [5.74, 6) is -4.77. The highest BCUT2D eigenvalue weighted by Gasteiger charge is 2.27. The van der Waals surface area contributed by atoms with E-state index in [9.17, 15) is 17.6 Å². The number of hydrogen-bond donors (Lipinski definition) is 1. The zero-order valence-electron chi connectivity index (χ0n) is 10.1. The van der Waals surface area contributed by atoms with Gasteiger partial charge in [0.2, 0.25) is 0 Å². The molecule has 0 amide bonds. The first-order chi connectivity index (χ1) is 9.47. The van der Waals surface area contributed by atoms with Crippen molar-refractivity contribution in [3.8, 4) is 0 Å². The molecular formula is C14H8F4N2. The van der Waals surface area contributed by atoms with Crippen molar-refractivity contribution in [2.24, 2.45) is 0 Å². The summed E-state index contributed by atoms with van der Waals surface area (Å²) < 4.78 is 52.6. The second-order valence-electron chi connectivity index (χ2n) is 4.46. The number of hydrogen-bond acceptors (Lipinski definition) is 1. The van der Waals surface area contributed by atoms with Crippen molar-refractivity contribution in [1.82, 2.24) is 0 Å². The summed E-state index contributed by atoms with van der Waals surface area (Å²) in [6.45, 7) is 0.180. The minimum absolute atomic E-state index is 0.0167.